The van der Waals surface area contributed by atoms with Crippen LogP contribution in [0.4, 0.5) is 18.0 Å². The SMILES string of the molecule is O=C(CO)N1CCC[C@@H](N(C(=O)NCc2cc(-c3cccc(OC(F)(F)F)c3)no2)C2CC2)C1. The average Bonchev–Trinajstić information content (AvgIpc) is 3.51. The summed E-state index contributed by atoms with van der Waals surface area (Å²) in [6.07, 6.45) is -1.51. The number of amides is 3. The Bertz CT molecular complexity index is 1020. The van der Waals surface area contributed by atoms with Crippen molar-refractivity contribution in [2.75, 3.05) is 19.7 Å². The lowest BCUT2D eigenvalue weighted by Crippen LogP contribution is -2.55. The number of piperidine rings is 1. The molecule has 2 aromatic rings. The zero-order valence-corrected chi connectivity index (χ0v) is 18.3. The summed E-state index contributed by atoms with van der Waals surface area (Å²) < 4.78 is 46.6. The van der Waals surface area contributed by atoms with Gasteiger partial charge >= 0.3 is 12.4 Å². The predicted octanol–water partition coefficient (Wildman–Crippen LogP) is 2.90. The molecule has 2 aliphatic rings. The number of alkyl halides is 3. The third-order valence-corrected chi connectivity index (χ3v) is 5.79. The van der Waals surface area contributed by atoms with Gasteiger partial charge in [-0.05, 0) is 37.8 Å². The highest BCUT2D eigenvalue weighted by atomic mass is 19.4. The number of urea groups is 1. The van der Waals surface area contributed by atoms with Crippen LogP contribution in [0.15, 0.2) is 34.9 Å². The Morgan fingerprint density at radius 1 is 1.24 bits per heavy atom. The summed E-state index contributed by atoms with van der Waals surface area (Å²) in [6, 6.07) is 6.58. The highest BCUT2D eigenvalue weighted by Crippen LogP contribution is 2.32. The van der Waals surface area contributed by atoms with Gasteiger partial charge in [0.25, 0.3) is 0 Å². The third kappa shape index (κ3) is 5.99. The fourth-order valence-electron chi connectivity index (χ4n) is 4.13. The van der Waals surface area contributed by atoms with Crippen molar-refractivity contribution in [2.45, 2.75) is 50.7 Å². The molecule has 0 spiro atoms. The molecule has 34 heavy (non-hydrogen) atoms. The molecular formula is C22H25F3N4O5. The molecular weight excluding hydrogens is 457 g/mol. The Balaban J connectivity index is 1.37. The summed E-state index contributed by atoms with van der Waals surface area (Å²) in [5.74, 6) is -0.383. The summed E-state index contributed by atoms with van der Waals surface area (Å²) in [7, 11) is 0. The number of nitrogens with one attached hydrogen (secondary N) is 1. The first-order valence-electron chi connectivity index (χ1n) is 11.0. The van der Waals surface area contributed by atoms with E-state index in [-0.39, 0.29) is 36.3 Å². The highest BCUT2D eigenvalue weighted by molar-refractivity contribution is 5.78. The molecule has 0 radical (unpaired) electrons. The number of nitrogens with zero attached hydrogens (tertiary/aromatic N) is 3. The second kappa shape index (κ2) is 9.92. The van der Waals surface area contributed by atoms with E-state index in [1.54, 1.807) is 15.9 Å². The molecule has 12 heteroatoms. The number of rotatable bonds is 7. The molecule has 0 bridgehead atoms. The van der Waals surface area contributed by atoms with Crippen LogP contribution in [0, 0.1) is 0 Å². The predicted molar refractivity (Wildman–Crippen MR) is 112 cm³/mol. The van der Waals surface area contributed by atoms with Crippen LogP contribution in [-0.4, -0.2) is 70.1 Å². The lowest BCUT2D eigenvalue weighted by molar-refractivity contribution is -0.274. The Labute approximate surface area is 193 Å². The minimum absolute atomic E-state index is 0.0415. The van der Waals surface area contributed by atoms with Crippen LogP contribution < -0.4 is 10.1 Å². The maximum Gasteiger partial charge on any atom is 0.573 e. The van der Waals surface area contributed by atoms with Crippen LogP contribution in [-0.2, 0) is 11.3 Å². The van der Waals surface area contributed by atoms with Crippen LogP contribution in [0.3, 0.4) is 0 Å². The van der Waals surface area contributed by atoms with E-state index in [2.05, 4.69) is 15.2 Å². The van der Waals surface area contributed by atoms with Gasteiger partial charge in [0.15, 0.2) is 5.76 Å². The highest BCUT2D eigenvalue weighted by Gasteiger charge is 2.39. The second-order valence-electron chi connectivity index (χ2n) is 8.35. The van der Waals surface area contributed by atoms with Crippen LogP contribution in [0.5, 0.6) is 5.75 Å². The molecule has 1 aliphatic heterocycles. The summed E-state index contributed by atoms with van der Waals surface area (Å²) in [4.78, 5) is 28.2. The van der Waals surface area contributed by atoms with Crippen LogP contribution >= 0.6 is 0 Å². The Hall–Kier alpha value is -3.28. The Morgan fingerprint density at radius 2 is 2.03 bits per heavy atom. The molecule has 2 heterocycles. The van der Waals surface area contributed by atoms with Gasteiger partial charge in [-0.15, -0.1) is 13.2 Å². The van der Waals surface area contributed by atoms with Crippen molar-refractivity contribution in [3.8, 4) is 17.0 Å². The number of hydrogen-bond donors (Lipinski definition) is 2. The molecule has 1 aromatic carbocycles. The van der Waals surface area contributed by atoms with E-state index >= 15 is 0 Å². The third-order valence-electron chi connectivity index (χ3n) is 5.79. The standard InChI is InChI=1S/C22H25F3N4O5/c23-22(24,25)33-17-5-1-3-14(9-17)19-10-18(34-27-19)11-26-21(32)29(15-6-7-15)16-4-2-8-28(12-16)20(31)13-30/h1,3,5,9-10,15-16,30H,2,4,6-8,11-13H2,(H,26,32)/t16-/m1/s1. The normalized spacial score (nSPS) is 18.5. The van der Waals surface area contributed by atoms with Crippen molar-refractivity contribution in [2.24, 2.45) is 0 Å². The number of carbonyl (C=O) groups excluding carboxylic acids is 2. The maximum absolute atomic E-state index is 13.0. The summed E-state index contributed by atoms with van der Waals surface area (Å²) in [6.45, 7) is 0.430. The lowest BCUT2D eigenvalue weighted by atomic mass is 10.0. The van der Waals surface area contributed by atoms with Crippen molar-refractivity contribution < 1.29 is 37.1 Å². The number of aromatic nitrogens is 1. The van der Waals surface area contributed by atoms with Crippen LogP contribution in [0.1, 0.15) is 31.4 Å². The molecule has 1 atom stereocenters. The second-order valence-corrected chi connectivity index (χ2v) is 8.35. The topological polar surface area (TPSA) is 108 Å². The summed E-state index contributed by atoms with van der Waals surface area (Å²) in [5.41, 5.74) is 0.680. The van der Waals surface area contributed by atoms with Gasteiger partial charge in [-0.1, -0.05) is 17.3 Å². The van der Waals surface area contributed by atoms with E-state index in [1.165, 1.54) is 24.3 Å². The minimum atomic E-state index is -4.80. The van der Waals surface area contributed by atoms with Crippen molar-refractivity contribution in [3.05, 3.63) is 36.1 Å². The summed E-state index contributed by atoms with van der Waals surface area (Å²) >= 11 is 0. The van der Waals surface area contributed by atoms with Crippen molar-refractivity contribution in [1.82, 2.24) is 20.3 Å². The van der Waals surface area contributed by atoms with Crippen LogP contribution in [0.2, 0.25) is 0 Å². The van der Waals surface area contributed by atoms with Crippen molar-refractivity contribution in [3.63, 3.8) is 0 Å². The first kappa shape index (κ1) is 23.9. The number of benzene rings is 1. The molecule has 2 N–H and O–H groups in total. The van der Waals surface area contributed by atoms with Gasteiger partial charge in [0.1, 0.15) is 18.1 Å². The van der Waals surface area contributed by atoms with Crippen molar-refractivity contribution >= 4 is 11.9 Å². The largest absolute Gasteiger partial charge is 0.573 e. The number of hydrogen-bond acceptors (Lipinski definition) is 6. The van der Waals surface area contributed by atoms with E-state index in [0.29, 0.717) is 30.1 Å². The monoisotopic (exact) mass is 482 g/mol. The molecule has 9 nitrogen and oxygen atoms in total. The molecule has 1 aliphatic carbocycles. The number of carbonyl (C=O) groups is 2. The van der Waals surface area contributed by atoms with E-state index < -0.39 is 13.0 Å². The zero-order chi connectivity index (χ0) is 24.3. The first-order chi connectivity index (χ1) is 16.2. The smallest absolute Gasteiger partial charge is 0.406 e. The number of aliphatic hydroxyl groups is 1. The van der Waals surface area contributed by atoms with Crippen LogP contribution in [0.25, 0.3) is 11.3 Å². The fourth-order valence-corrected chi connectivity index (χ4v) is 4.13. The Morgan fingerprint density at radius 3 is 2.74 bits per heavy atom. The van der Waals surface area contributed by atoms with E-state index in [0.717, 1.165) is 25.7 Å². The lowest BCUT2D eigenvalue weighted by Gasteiger charge is -2.39. The average molecular weight is 482 g/mol. The molecule has 3 amide bonds. The fraction of sp³-hybridized carbons (Fsp3) is 0.500. The van der Waals surface area contributed by atoms with Gasteiger partial charge in [0.2, 0.25) is 5.91 Å². The number of halogens is 3. The summed E-state index contributed by atoms with van der Waals surface area (Å²) in [5, 5.41) is 15.8. The molecule has 1 aromatic heterocycles. The number of likely N-dealkylation sites (tertiary alicyclic amines) is 1. The zero-order valence-electron chi connectivity index (χ0n) is 18.3. The molecule has 4 rings (SSSR count). The molecule has 1 saturated carbocycles. The number of aliphatic hydroxyl groups excluding tert-OH is 1. The van der Waals surface area contributed by atoms with Gasteiger partial charge in [-0.3, -0.25) is 4.79 Å². The quantitative estimate of drug-likeness (QED) is 0.629. The maximum atomic E-state index is 13.0. The van der Waals surface area contributed by atoms with Gasteiger partial charge in [0, 0.05) is 30.8 Å². The van der Waals surface area contributed by atoms with E-state index in [4.69, 9.17) is 9.63 Å². The Kier molecular flexibility index (Phi) is 6.96. The molecule has 2 fully saturated rings. The number of ether oxygens (including phenoxy) is 1. The molecule has 1 saturated heterocycles. The van der Waals surface area contributed by atoms with Gasteiger partial charge in [-0.2, -0.15) is 0 Å². The van der Waals surface area contributed by atoms with E-state index in [9.17, 15) is 22.8 Å². The van der Waals surface area contributed by atoms with Gasteiger partial charge in [0.05, 0.1) is 12.6 Å². The molecule has 184 valence electrons. The first-order valence-corrected chi connectivity index (χ1v) is 11.0. The van der Waals surface area contributed by atoms with Gasteiger partial charge < -0.3 is 29.5 Å². The van der Waals surface area contributed by atoms with Gasteiger partial charge in [-0.25, -0.2) is 4.79 Å². The molecule has 0 unspecified atom stereocenters. The van der Waals surface area contributed by atoms with Crippen molar-refractivity contribution in [1.29, 1.82) is 0 Å². The minimum Gasteiger partial charge on any atom is -0.406 e. The van der Waals surface area contributed by atoms with E-state index in [1.807, 2.05) is 0 Å².